The molecular weight excluding hydrogens is 436 g/mol. The van der Waals surface area contributed by atoms with Gasteiger partial charge in [-0.3, -0.25) is 15.1 Å². The van der Waals surface area contributed by atoms with E-state index in [4.69, 9.17) is 5.41 Å². The molecule has 2 aliphatic heterocycles. The van der Waals surface area contributed by atoms with Gasteiger partial charge in [-0.05, 0) is 51.8 Å². The van der Waals surface area contributed by atoms with Crippen molar-refractivity contribution in [3.63, 3.8) is 0 Å². The molecule has 2 heterocycles. The topological polar surface area (TPSA) is 86.5 Å². The first-order chi connectivity index (χ1) is 16.7. The zero-order valence-corrected chi connectivity index (χ0v) is 21.5. The van der Waals surface area contributed by atoms with E-state index in [2.05, 4.69) is 65.9 Å². The summed E-state index contributed by atoms with van der Waals surface area (Å²) in [4.78, 5) is 20.0. The lowest BCUT2D eigenvalue weighted by Gasteiger charge is -2.45. The third-order valence-electron chi connectivity index (χ3n) is 7.83. The zero-order chi connectivity index (χ0) is 25.2. The van der Waals surface area contributed by atoms with Gasteiger partial charge in [-0.25, -0.2) is 0 Å². The number of nitrogens with zero attached hydrogens (tertiary/aromatic N) is 4. The fraction of sp³-hybridized carbons (Fsp3) is 0.536. The molecule has 0 spiro atoms. The molecule has 2 N–H and O–H groups in total. The number of piperazine rings is 1. The molecule has 35 heavy (non-hydrogen) atoms. The van der Waals surface area contributed by atoms with Gasteiger partial charge >= 0.3 is 0 Å². The maximum Gasteiger partial charge on any atom is 0.252 e. The first-order valence-corrected chi connectivity index (χ1v) is 12.8. The third-order valence-corrected chi connectivity index (χ3v) is 7.83. The number of allylic oxidation sites excluding steroid dienone is 2. The van der Waals surface area contributed by atoms with E-state index in [0.717, 1.165) is 44.8 Å². The number of nitriles is 1. The molecule has 7 heteroatoms. The SMILES string of the molecule is CC1=CC(C)(NC(=O)c2cccc(C#N)c2)C(C)C(CN2CCN(C(=N)N3CCCC3)[C@@H](C)C2)=C1. The molecule has 0 saturated carbocycles. The average Bonchev–Trinajstić information content (AvgIpc) is 3.37. The van der Waals surface area contributed by atoms with Crippen molar-refractivity contribution >= 4 is 11.9 Å². The highest BCUT2D eigenvalue weighted by Gasteiger charge is 2.37. The fourth-order valence-electron chi connectivity index (χ4n) is 5.68. The molecule has 2 fully saturated rings. The summed E-state index contributed by atoms with van der Waals surface area (Å²) in [6, 6.07) is 9.25. The average molecular weight is 475 g/mol. The Kier molecular flexibility index (Phi) is 7.32. The Hall–Kier alpha value is -3.11. The van der Waals surface area contributed by atoms with Crippen LogP contribution in [0.5, 0.6) is 0 Å². The first-order valence-electron chi connectivity index (χ1n) is 12.8. The van der Waals surface area contributed by atoms with Gasteiger partial charge in [-0.15, -0.1) is 0 Å². The van der Waals surface area contributed by atoms with E-state index in [1.54, 1.807) is 24.3 Å². The van der Waals surface area contributed by atoms with Crippen LogP contribution in [-0.2, 0) is 0 Å². The van der Waals surface area contributed by atoms with E-state index in [-0.39, 0.29) is 11.8 Å². The molecule has 2 saturated heterocycles. The minimum Gasteiger partial charge on any atom is -0.343 e. The van der Waals surface area contributed by atoms with E-state index < -0.39 is 5.54 Å². The molecule has 1 aromatic rings. The molecule has 2 unspecified atom stereocenters. The van der Waals surface area contributed by atoms with Crippen LogP contribution >= 0.6 is 0 Å². The van der Waals surface area contributed by atoms with Crippen LogP contribution in [0.4, 0.5) is 0 Å². The van der Waals surface area contributed by atoms with Gasteiger partial charge < -0.3 is 15.1 Å². The zero-order valence-electron chi connectivity index (χ0n) is 21.5. The summed E-state index contributed by atoms with van der Waals surface area (Å²) in [5.74, 6) is 0.657. The molecule has 1 amide bonds. The van der Waals surface area contributed by atoms with Crippen molar-refractivity contribution in [3.8, 4) is 6.07 Å². The molecular formula is C28H38N6O. The van der Waals surface area contributed by atoms with E-state index >= 15 is 0 Å². The van der Waals surface area contributed by atoms with Crippen molar-refractivity contribution in [2.45, 2.75) is 52.1 Å². The molecule has 0 bridgehead atoms. The van der Waals surface area contributed by atoms with Gasteiger partial charge in [-0.2, -0.15) is 5.26 Å². The second-order valence-electron chi connectivity index (χ2n) is 10.6. The van der Waals surface area contributed by atoms with Gasteiger partial charge in [0.1, 0.15) is 0 Å². The normalized spacial score (nSPS) is 27.2. The molecule has 1 aromatic carbocycles. The maximum absolute atomic E-state index is 13.1. The van der Waals surface area contributed by atoms with Gasteiger partial charge in [0.2, 0.25) is 0 Å². The van der Waals surface area contributed by atoms with Crippen LogP contribution in [0.25, 0.3) is 0 Å². The number of benzene rings is 1. The summed E-state index contributed by atoms with van der Waals surface area (Å²) in [5.41, 5.74) is 2.94. The van der Waals surface area contributed by atoms with Crippen LogP contribution in [0.3, 0.4) is 0 Å². The Morgan fingerprint density at radius 1 is 1.23 bits per heavy atom. The molecule has 0 aromatic heterocycles. The van der Waals surface area contributed by atoms with Crippen molar-refractivity contribution < 1.29 is 4.79 Å². The van der Waals surface area contributed by atoms with Gasteiger partial charge in [0.15, 0.2) is 5.96 Å². The Morgan fingerprint density at radius 2 is 1.97 bits per heavy atom. The van der Waals surface area contributed by atoms with E-state index in [1.165, 1.54) is 18.4 Å². The summed E-state index contributed by atoms with van der Waals surface area (Å²) in [7, 11) is 0. The summed E-state index contributed by atoms with van der Waals surface area (Å²) in [6.07, 6.45) is 6.78. The fourth-order valence-corrected chi connectivity index (χ4v) is 5.68. The standard InChI is InChI=1S/C28H38N6O/c1-20-14-25(19-32-12-13-34(21(2)18-32)27(30)33-10-5-6-11-33)22(3)28(4,16-20)31-26(35)24-9-7-8-23(15-24)17-29/h7-9,14-16,21-22,30H,5-6,10-13,18-19H2,1-4H3,(H,31,35)/t21-,22?,28?/m0/s1. The maximum atomic E-state index is 13.1. The van der Waals surface area contributed by atoms with Crippen LogP contribution in [0.15, 0.2) is 47.6 Å². The van der Waals surface area contributed by atoms with Crippen molar-refractivity contribution in [3.05, 3.63) is 58.7 Å². The van der Waals surface area contributed by atoms with Gasteiger partial charge in [0, 0.05) is 56.8 Å². The molecule has 3 atom stereocenters. The smallest absolute Gasteiger partial charge is 0.252 e. The van der Waals surface area contributed by atoms with E-state index in [9.17, 15) is 10.1 Å². The molecule has 186 valence electrons. The molecule has 7 nitrogen and oxygen atoms in total. The minimum atomic E-state index is -0.515. The molecule has 4 rings (SSSR count). The van der Waals surface area contributed by atoms with Crippen molar-refractivity contribution in [2.24, 2.45) is 5.92 Å². The van der Waals surface area contributed by atoms with Crippen molar-refractivity contribution in [2.75, 3.05) is 39.3 Å². The second-order valence-corrected chi connectivity index (χ2v) is 10.6. The lowest BCUT2D eigenvalue weighted by molar-refractivity contribution is 0.0902. The third kappa shape index (κ3) is 5.43. The van der Waals surface area contributed by atoms with Gasteiger partial charge in [0.25, 0.3) is 5.91 Å². The number of likely N-dealkylation sites (tertiary alicyclic amines) is 1. The largest absolute Gasteiger partial charge is 0.343 e. The second kappa shape index (κ2) is 10.2. The predicted octanol–water partition coefficient (Wildman–Crippen LogP) is 3.61. The van der Waals surface area contributed by atoms with E-state index in [0.29, 0.717) is 23.1 Å². The number of hydrogen-bond donors (Lipinski definition) is 2. The summed E-state index contributed by atoms with van der Waals surface area (Å²) in [5, 5.41) is 21.1. The van der Waals surface area contributed by atoms with Crippen LogP contribution < -0.4 is 5.32 Å². The highest BCUT2D eigenvalue weighted by molar-refractivity contribution is 5.95. The number of rotatable bonds is 4. The molecule has 3 aliphatic rings. The van der Waals surface area contributed by atoms with Crippen LogP contribution in [0.1, 0.15) is 56.5 Å². The first kappa shape index (κ1) is 25.0. The highest BCUT2D eigenvalue weighted by Crippen LogP contribution is 2.33. The quantitative estimate of drug-likeness (QED) is 0.514. The molecule has 0 radical (unpaired) electrons. The number of amides is 1. The Labute approximate surface area is 209 Å². The van der Waals surface area contributed by atoms with Crippen LogP contribution in [0.2, 0.25) is 0 Å². The van der Waals surface area contributed by atoms with Gasteiger partial charge in [-0.1, -0.05) is 36.3 Å². The Balaban J connectivity index is 1.41. The minimum absolute atomic E-state index is 0.130. The van der Waals surface area contributed by atoms with Gasteiger partial charge in [0.05, 0.1) is 17.2 Å². The number of carbonyl (C=O) groups is 1. The number of carbonyl (C=O) groups excluding carboxylic acids is 1. The monoisotopic (exact) mass is 474 g/mol. The summed E-state index contributed by atoms with van der Waals surface area (Å²) >= 11 is 0. The lowest BCUT2D eigenvalue weighted by atomic mass is 9.75. The Bertz CT molecular complexity index is 1080. The predicted molar refractivity (Wildman–Crippen MR) is 139 cm³/mol. The number of guanidine groups is 1. The Morgan fingerprint density at radius 3 is 2.66 bits per heavy atom. The summed E-state index contributed by atoms with van der Waals surface area (Å²) in [6.45, 7) is 14.2. The van der Waals surface area contributed by atoms with E-state index in [1.807, 2.05) is 0 Å². The number of hydrogen-bond acceptors (Lipinski definition) is 4. The van der Waals surface area contributed by atoms with Crippen molar-refractivity contribution in [1.82, 2.24) is 20.0 Å². The lowest BCUT2D eigenvalue weighted by Crippen LogP contribution is -2.58. The van der Waals surface area contributed by atoms with Crippen molar-refractivity contribution in [1.29, 1.82) is 10.7 Å². The van der Waals surface area contributed by atoms with Crippen LogP contribution in [0, 0.1) is 22.7 Å². The number of nitrogens with one attached hydrogen (secondary N) is 2. The molecule has 1 aliphatic carbocycles. The summed E-state index contributed by atoms with van der Waals surface area (Å²) < 4.78 is 0. The highest BCUT2D eigenvalue weighted by atomic mass is 16.1. The van der Waals surface area contributed by atoms with Crippen LogP contribution in [-0.4, -0.2) is 77.4 Å².